The van der Waals surface area contributed by atoms with Crippen molar-refractivity contribution in [3.8, 4) is 0 Å². The largest absolute Gasteiger partial charge is 0.384 e. The first-order valence-electron chi connectivity index (χ1n) is 7.70. The van der Waals surface area contributed by atoms with Crippen molar-refractivity contribution in [3.63, 3.8) is 0 Å². The second-order valence-corrected chi connectivity index (χ2v) is 6.53. The molecule has 1 N–H and O–H groups in total. The van der Waals surface area contributed by atoms with E-state index in [1.54, 1.807) is 25.6 Å². The average molecular weight is 313 g/mol. The van der Waals surface area contributed by atoms with Gasteiger partial charge in [0, 0.05) is 45.3 Å². The summed E-state index contributed by atoms with van der Waals surface area (Å²) in [6.07, 6.45) is 2.38. The molecule has 0 spiro atoms. The Morgan fingerprint density at radius 3 is 2.67 bits per heavy atom. The molecule has 5 nitrogen and oxygen atoms in total. The highest BCUT2D eigenvalue weighted by atomic mass is 32.1. The monoisotopic (exact) mass is 313 g/mol. The quantitative estimate of drug-likeness (QED) is 0.798. The number of hydrogen-bond acceptors (Lipinski definition) is 6. The summed E-state index contributed by atoms with van der Waals surface area (Å²) in [7, 11) is 3.52. The van der Waals surface area contributed by atoms with Crippen LogP contribution < -0.4 is 10.2 Å². The van der Waals surface area contributed by atoms with Gasteiger partial charge < -0.3 is 19.7 Å². The molecule has 0 aromatic carbocycles. The number of hydrogen-bond donors (Lipinski definition) is 1. The minimum Gasteiger partial charge on any atom is -0.384 e. The molecule has 6 heteroatoms. The first kappa shape index (κ1) is 16.7. The molecule has 2 rings (SSSR count). The van der Waals surface area contributed by atoms with Crippen LogP contribution in [0.25, 0.3) is 0 Å². The number of nitrogens with zero attached hydrogens (tertiary/aromatic N) is 2. The van der Waals surface area contributed by atoms with Gasteiger partial charge in [-0.15, -0.1) is 11.3 Å². The van der Waals surface area contributed by atoms with Crippen LogP contribution in [0.1, 0.15) is 30.3 Å². The predicted octanol–water partition coefficient (Wildman–Crippen LogP) is 2.26. The highest BCUT2D eigenvalue weighted by molar-refractivity contribution is 7.15. The van der Waals surface area contributed by atoms with E-state index >= 15 is 0 Å². The fourth-order valence-electron chi connectivity index (χ4n) is 2.66. The molecule has 0 bridgehead atoms. The lowest BCUT2D eigenvalue weighted by Crippen LogP contribution is -2.34. The molecule has 21 heavy (non-hydrogen) atoms. The van der Waals surface area contributed by atoms with Crippen LogP contribution in [0.3, 0.4) is 0 Å². The summed E-state index contributed by atoms with van der Waals surface area (Å²) in [5.74, 6) is 0.700. The zero-order valence-corrected chi connectivity index (χ0v) is 14.2. The maximum Gasteiger partial charge on any atom is 0.185 e. The molecule has 1 aliphatic heterocycles. The number of aromatic nitrogens is 1. The van der Waals surface area contributed by atoms with Crippen molar-refractivity contribution >= 4 is 16.5 Å². The second-order valence-electron chi connectivity index (χ2n) is 5.47. The van der Waals surface area contributed by atoms with Crippen LogP contribution in [0.5, 0.6) is 0 Å². The Hall–Kier alpha value is -0.690. The maximum absolute atomic E-state index is 5.28. The first-order valence-corrected chi connectivity index (χ1v) is 8.52. The van der Waals surface area contributed by atoms with Gasteiger partial charge in [0.25, 0.3) is 0 Å². The van der Waals surface area contributed by atoms with Gasteiger partial charge in [-0.1, -0.05) is 6.92 Å². The van der Waals surface area contributed by atoms with Crippen LogP contribution >= 0.6 is 11.3 Å². The SMILES string of the molecule is CCNCc1sc(N2CCC(COC)CC2)nc1COC. The zero-order chi connectivity index (χ0) is 15.1. The Balaban J connectivity index is 1.99. The molecule has 2 heterocycles. The van der Waals surface area contributed by atoms with Crippen molar-refractivity contribution in [2.24, 2.45) is 5.92 Å². The molecular formula is C15H27N3O2S. The number of rotatable bonds is 8. The molecule has 1 saturated heterocycles. The Bertz CT molecular complexity index is 417. The van der Waals surface area contributed by atoms with Gasteiger partial charge in [0.1, 0.15) is 0 Å². The summed E-state index contributed by atoms with van der Waals surface area (Å²) < 4.78 is 10.5. The van der Waals surface area contributed by atoms with E-state index < -0.39 is 0 Å². The van der Waals surface area contributed by atoms with E-state index in [-0.39, 0.29) is 0 Å². The van der Waals surface area contributed by atoms with E-state index in [1.807, 2.05) is 0 Å². The molecular weight excluding hydrogens is 286 g/mol. The molecule has 1 aromatic heterocycles. The summed E-state index contributed by atoms with van der Waals surface area (Å²) in [4.78, 5) is 8.50. The number of ether oxygens (including phenoxy) is 2. The molecule has 0 unspecified atom stereocenters. The standard InChI is InChI=1S/C15H27N3O2S/c1-4-16-9-14-13(11-20-3)17-15(21-14)18-7-5-12(6-8-18)10-19-2/h12,16H,4-11H2,1-3H3. The zero-order valence-electron chi connectivity index (χ0n) is 13.4. The van der Waals surface area contributed by atoms with E-state index in [0.717, 1.165) is 43.6 Å². The summed E-state index contributed by atoms with van der Waals surface area (Å²) in [6, 6.07) is 0. The average Bonchev–Trinajstić information content (AvgIpc) is 2.90. The predicted molar refractivity (Wildman–Crippen MR) is 87.0 cm³/mol. The summed E-state index contributed by atoms with van der Waals surface area (Å²) in [6.45, 7) is 7.61. The van der Waals surface area contributed by atoms with Gasteiger partial charge in [0.05, 0.1) is 12.3 Å². The minimum atomic E-state index is 0.595. The highest BCUT2D eigenvalue weighted by Crippen LogP contribution is 2.30. The Morgan fingerprint density at radius 2 is 2.05 bits per heavy atom. The second kappa shape index (κ2) is 8.68. The van der Waals surface area contributed by atoms with Crippen molar-refractivity contribution in [2.75, 3.05) is 45.4 Å². The third-order valence-electron chi connectivity index (χ3n) is 3.87. The lowest BCUT2D eigenvalue weighted by Gasteiger charge is -2.31. The maximum atomic E-state index is 5.28. The highest BCUT2D eigenvalue weighted by Gasteiger charge is 2.22. The van der Waals surface area contributed by atoms with Crippen LogP contribution in [0.4, 0.5) is 5.13 Å². The molecule has 0 atom stereocenters. The van der Waals surface area contributed by atoms with E-state index in [0.29, 0.717) is 12.5 Å². The van der Waals surface area contributed by atoms with Crippen molar-refractivity contribution in [1.29, 1.82) is 0 Å². The van der Waals surface area contributed by atoms with Crippen LogP contribution in [-0.4, -0.2) is 45.4 Å². The van der Waals surface area contributed by atoms with E-state index in [1.165, 1.54) is 17.7 Å². The van der Waals surface area contributed by atoms with Crippen LogP contribution in [-0.2, 0) is 22.6 Å². The molecule has 0 amide bonds. The Morgan fingerprint density at radius 1 is 1.29 bits per heavy atom. The Labute approximate surface area is 131 Å². The van der Waals surface area contributed by atoms with E-state index in [4.69, 9.17) is 14.5 Å². The van der Waals surface area contributed by atoms with Gasteiger partial charge in [0.2, 0.25) is 0 Å². The molecule has 1 aromatic rings. The topological polar surface area (TPSA) is 46.6 Å². The molecule has 120 valence electrons. The number of methoxy groups -OCH3 is 2. The van der Waals surface area contributed by atoms with Gasteiger partial charge in [-0.05, 0) is 25.3 Å². The normalized spacial score (nSPS) is 16.6. The van der Waals surface area contributed by atoms with Crippen LogP contribution in [0.2, 0.25) is 0 Å². The van der Waals surface area contributed by atoms with Gasteiger partial charge >= 0.3 is 0 Å². The number of anilines is 1. The van der Waals surface area contributed by atoms with Crippen LogP contribution in [0, 0.1) is 5.92 Å². The fraction of sp³-hybridized carbons (Fsp3) is 0.800. The molecule has 0 saturated carbocycles. The van der Waals surface area contributed by atoms with Gasteiger partial charge in [-0.2, -0.15) is 0 Å². The first-order chi connectivity index (χ1) is 10.3. The molecule has 0 aliphatic carbocycles. The third-order valence-corrected chi connectivity index (χ3v) is 5.03. The van der Waals surface area contributed by atoms with Gasteiger partial charge in [-0.3, -0.25) is 0 Å². The fourth-order valence-corrected chi connectivity index (χ4v) is 3.74. The van der Waals surface area contributed by atoms with Crippen molar-refractivity contribution in [3.05, 3.63) is 10.6 Å². The van der Waals surface area contributed by atoms with Crippen molar-refractivity contribution in [2.45, 2.75) is 32.9 Å². The molecule has 1 fully saturated rings. The van der Waals surface area contributed by atoms with Gasteiger partial charge in [-0.25, -0.2) is 4.98 Å². The number of piperidine rings is 1. The lowest BCUT2D eigenvalue weighted by atomic mass is 9.98. The summed E-state index contributed by atoms with van der Waals surface area (Å²) in [5, 5.41) is 4.53. The summed E-state index contributed by atoms with van der Waals surface area (Å²) >= 11 is 1.80. The molecule has 1 aliphatic rings. The van der Waals surface area contributed by atoms with Gasteiger partial charge in [0.15, 0.2) is 5.13 Å². The van der Waals surface area contributed by atoms with Crippen molar-refractivity contribution < 1.29 is 9.47 Å². The smallest absolute Gasteiger partial charge is 0.185 e. The van der Waals surface area contributed by atoms with E-state index in [9.17, 15) is 0 Å². The third kappa shape index (κ3) is 4.64. The lowest BCUT2D eigenvalue weighted by molar-refractivity contribution is 0.139. The van der Waals surface area contributed by atoms with Crippen LogP contribution in [0.15, 0.2) is 0 Å². The molecule has 0 radical (unpaired) electrons. The van der Waals surface area contributed by atoms with Crippen molar-refractivity contribution in [1.82, 2.24) is 10.3 Å². The Kier molecular flexibility index (Phi) is 6.89. The number of thiazole rings is 1. The summed E-state index contributed by atoms with van der Waals surface area (Å²) in [5.41, 5.74) is 1.08. The van der Waals surface area contributed by atoms with E-state index in [2.05, 4.69) is 17.1 Å². The minimum absolute atomic E-state index is 0.595. The number of nitrogens with one attached hydrogen (secondary N) is 1.